The monoisotopic (exact) mass is 521 g/mol. The molecule has 0 unspecified atom stereocenters. The maximum atomic E-state index is 12.7. The second-order valence-corrected chi connectivity index (χ2v) is 11.0. The van der Waals surface area contributed by atoms with Crippen LogP contribution in [0.1, 0.15) is 46.1 Å². The van der Waals surface area contributed by atoms with Crippen molar-refractivity contribution in [1.29, 1.82) is 0 Å². The number of rotatable bonds is 7. The van der Waals surface area contributed by atoms with Gasteiger partial charge in [-0.15, -0.1) is 11.3 Å². The molecule has 9 heteroatoms. The van der Waals surface area contributed by atoms with Crippen molar-refractivity contribution in [2.24, 2.45) is 0 Å². The third-order valence-electron chi connectivity index (χ3n) is 7.11. The van der Waals surface area contributed by atoms with Crippen LogP contribution in [0.2, 0.25) is 0 Å². The van der Waals surface area contributed by atoms with Crippen molar-refractivity contribution in [3.8, 4) is 16.3 Å². The second-order valence-electron chi connectivity index (χ2n) is 9.75. The van der Waals surface area contributed by atoms with Gasteiger partial charge in [0, 0.05) is 54.8 Å². The van der Waals surface area contributed by atoms with Gasteiger partial charge >= 0.3 is 12.1 Å². The third-order valence-corrected chi connectivity index (χ3v) is 8.06. The van der Waals surface area contributed by atoms with Gasteiger partial charge in [-0.1, -0.05) is 0 Å². The van der Waals surface area contributed by atoms with E-state index in [1.807, 2.05) is 13.1 Å². The van der Waals surface area contributed by atoms with Crippen molar-refractivity contribution in [2.75, 3.05) is 31.1 Å². The third kappa shape index (κ3) is 5.19. The minimum atomic E-state index is -0.991. The summed E-state index contributed by atoms with van der Waals surface area (Å²) in [5.74, 6) is -0.0909. The molecule has 0 atom stereocenters. The van der Waals surface area contributed by atoms with Gasteiger partial charge in [-0.05, 0) is 68.3 Å². The first-order valence-electron chi connectivity index (χ1n) is 12.5. The molecule has 2 aromatic carbocycles. The van der Waals surface area contributed by atoms with Gasteiger partial charge < -0.3 is 14.6 Å². The largest absolute Gasteiger partial charge is 0.494 e. The minimum absolute atomic E-state index is 0.190. The van der Waals surface area contributed by atoms with E-state index >= 15 is 0 Å². The number of anilines is 1. The number of ether oxygens (including phenoxy) is 2. The van der Waals surface area contributed by atoms with Crippen molar-refractivity contribution >= 4 is 29.1 Å². The molecule has 37 heavy (non-hydrogen) atoms. The highest BCUT2D eigenvalue weighted by Crippen LogP contribution is 2.38. The summed E-state index contributed by atoms with van der Waals surface area (Å²) in [6, 6.07) is 10.7. The fourth-order valence-corrected chi connectivity index (χ4v) is 5.89. The van der Waals surface area contributed by atoms with Gasteiger partial charge in [0.2, 0.25) is 0 Å². The average Bonchev–Trinajstić information content (AvgIpc) is 3.45. The Kier molecular flexibility index (Phi) is 6.92. The topological polar surface area (TPSA) is 92.2 Å². The lowest BCUT2D eigenvalue weighted by molar-refractivity contribution is -0.000959. The molecule has 8 nitrogen and oxygen atoms in total. The highest BCUT2D eigenvalue weighted by Gasteiger charge is 2.47. The van der Waals surface area contributed by atoms with Crippen molar-refractivity contribution in [1.82, 2.24) is 9.88 Å². The quantitative estimate of drug-likeness (QED) is 0.438. The highest BCUT2D eigenvalue weighted by molar-refractivity contribution is 7.15. The van der Waals surface area contributed by atoms with Crippen molar-refractivity contribution in [3.05, 3.63) is 64.2 Å². The number of carbonyl (C=O) groups is 2. The molecule has 1 N–H and O–H groups in total. The number of aromatic nitrogens is 1. The first-order valence-corrected chi connectivity index (χ1v) is 13.3. The fraction of sp³-hybridized carbons (Fsp3) is 0.393. The molecule has 1 spiro atoms. The van der Waals surface area contributed by atoms with Gasteiger partial charge in [-0.2, -0.15) is 0 Å². The smallest absolute Gasteiger partial charge is 0.415 e. The van der Waals surface area contributed by atoms with Gasteiger partial charge in [0.25, 0.3) is 0 Å². The summed E-state index contributed by atoms with van der Waals surface area (Å²) in [6.45, 7) is 9.57. The summed E-state index contributed by atoms with van der Waals surface area (Å²) in [5.41, 5.74) is 3.74. The van der Waals surface area contributed by atoms with E-state index in [1.54, 1.807) is 28.4 Å². The molecule has 1 amide bonds. The molecule has 0 bridgehead atoms. The van der Waals surface area contributed by atoms with Crippen LogP contribution in [0, 0.1) is 13.8 Å². The molecule has 5 rings (SSSR count). The Labute approximate surface area is 220 Å². The van der Waals surface area contributed by atoms with Gasteiger partial charge in [0.05, 0.1) is 18.7 Å². The number of hydrogen-bond acceptors (Lipinski definition) is 7. The average molecular weight is 522 g/mol. The summed E-state index contributed by atoms with van der Waals surface area (Å²) >= 11 is 1.69. The van der Waals surface area contributed by atoms with Gasteiger partial charge in [0.15, 0.2) is 0 Å². The van der Waals surface area contributed by atoms with Crippen molar-refractivity contribution < 1.29 is 24.2 Å². The lowest BCUT2D eigenvalue weighted by Gasteiger charge is -2.37. The zero-order valence-corrected chi connectivity index (χ0v) is 22.1. The Balaban J connectivity index is 1.29. The molecule has 0 saturated carbocycles. The van der Waals surface area contributed by atoms with E-state index in [9.17, 15) is 9.59 Å². The van der Waals surface area contributed by atoms with Crippen LogP contribution in [0.15, 0.2) is 42.6 Å². The number of carboxylic acid groups (broad SMARTS) is 1. The predicted molar refractivity (Wildman–Crippen MR) is 143 cm³/mol. The number of hydrogen-bond donors (Lipinski definition) is 1. The summed E-state index contributed by atoms with van der Waals surface area (Å²) in [7, 11) is 0. The van der Waals surface area contributed by atoms with Gasteiger partial charge in [-0.3, -0.25) is 9.80 Å². The van der Waals surface area contributed by atoms with Crippen LogP contribution in [0.3, 0.4) is 0 Å². The van der Waals surface area contributed by atoms with Crippen molar-refractivity contribution in [2.45, 2.75) is 45.8 Å². The number of amides is 1. The van der Waals surface area contributed by atoms with E-state index in [1.165, 1.54) is 22.6 Å². The van der Waals surface area contributed by atoms with E-state index in [-0.39, 0.29) is 11.7 Å². The Hall–Kier alpha value is -3.43. The van der Waals surface area contributed by atoms with Crippen LogP contribution < -0.4 is 9.64 Å². The Morgan fingerprint density at radius 2 is 1.92 bits per heavy atom. The summed E-state index contributed by atoms with van der Waals surface area (Å²) in [5, 5.41) is 10.2. The molecule has 0 radical (unpaired) electrons. The molecule has 2 aliphatic heterocycles. The number of thiazole rings is 1. The Morgan fingerprint density at radius 1 is 1.19 bits per heavy atom. The SMILES string of the molecule is CCOc1cc(CN2CCC3(CC2)CN(c2ccc(C(=O)O)cc2)C(=O)O3)c(-c2ncc(C)s2)cc1C. The van der Waals surface area contributed by atoms with E-state index in [2.05, 4.69) is 35.9 Å². The van der Waals surface area contributed by atoms with E-state index in [0.717, 1.165) is 54.4 Å². The van der Waals surface area contributed by atoms with Crippen LogP contribution in [-0.4, -0.2) is 58.9 Å². The predicted octanol–water partition coefficient (Wildman–Crippen LogP) is 5.52. The number of carbonyl (C=O) groups excluding carboxylic acids is 1. The molecule has 2 saturated heterocycles. The minimum Gasteiger partial charge on any atom is -0.494 e. The second kappa shape index (κ2) is 10.1. The fourth-order valence-electron chi connectivity index (χ4n) is 5.08. The molecule has 3 heterocycles. The van der Waals surface area contributed by atoms with E-state index < -0.39 is 11.6 Å². The first-order chi connectivity index (χ1) is 17.8. The summed E-state index contributed by atoms with van der Waals surface area (Å²) in [4.78, 5) is 33.7. The molecule has 0 aliphatic carbocycles. The maximum absolute atomic E-state index is 12.7. The molecule has 2 aliphatic rings. The Bertz CT molecular complexity index is 1310. The van der Waals surface area contributed by atoms with Gasteiger partial charge in [-0.25, -0.2) is 14.6 Å². The molecular weight excluding hydrogens is 490 g/mol. The number of likely N-dealkylation sites (tertiary alicyclic amines) is 1. The first kappa shape index (κ1) is 25.2. The number of carboxylic acids is 1. The molecular formula is C28H31N3O5S. The zero-order chi connectivity index (χ0) is 26.2. The maximum Gasteiger partial charge on any atom is 0.415 e. The van der Waals surface area contributed by atoms with Gasteiger partial charge in [0.1, 0.15) is 16.4 Å². The number of aromatic carboxylic acids is 1. The molecule has 3 aromatic rings. The number of piperidine rings is 1. The van der Waals surface area contributed by atoms with Crippen LogP contribution in [0.25, 0.3) is 10.6 Å². The van der Waals surface area contributed by atoms with Crippen LogP contribution in [-0.2, 0) is 11.3 Å². The summed E-state index contributed by atoms with van der Waals surface area (Å²) < 4.78 is 11.8. The van der Waals surface area contributed by atoms with E-state index in [0.29, 0.717) is 18.8 Å². The van der Waals surface area contributed by atoms with Crippen molar-refractivity contribution in [3.63, 3.8) is 0 Å². The van der Waals surface area contributed by atoms with E-state index in [4.69, 9.17) is 14.6 Å². The molecule has 1 aromatic heterocycles. The lowest BCUT2D eigenvalue weighted by atomic mass is 9.90. The Morgan fingerprint density at radius 3 is 2.54 bits per heavy atom. The number of nitrogens with zero attached hydrogens (tertiary/aromatic N) is 3. The standard InChI is InChI=1S/C28H31N3O5S/c1-4-35-24-14-21(23(13-18(24)2)25-29-15-19(3)37-25)16-30-11-9-28(10-12-30)17-31(27(34)36-28)22-7-5-20(6-8-22)26(32)33/h5-8,13-15H,4,9-12,16-17H2,1-3H3,(H,32,33). The number of aryl methyl sites for hydroxylation is 2. The highest BCUT2D eigenvalue weighted by atomic mass is 32.1. The molecule has 194 valence electrons. The van der Waals surface area contributed by atoms with Crippen LogP contribution in [0.5, 0.6) is 5.75 Å². The van der Waals surface area contributed by atoms with Crippen LogP contribution >= 0.6 is 11.3 Å². The van der Waals surface area contributed by atoms with Crippen LogP contribution in [0.4, 0.5) is 10.5 Å². The molecule has 2 fully saturated rings. The number of benzene rings is 2. The summed E-state index contributed by atoms with van der Waals surface area (Å²) in [6.07, 6.45) is 3.00. The zero-order valence-electron chi connectivity index (χ0n) is 21.3. The lowest BCUT2D eigenvalue weighted by Crippen LogP contribution is -2.46. The normalized spacial score (nSPS) is 17.3.